The van der Waals surface area contributed by atoms with E-state index < -0.39 is 5.82 Å². The lowest BCUT2D eigenvalue weighted by atomic mass is 10.1. The molecule has 2 aromatic carbocycles. The molecule has 6 nitrogen and oxygen atoms in total. The van der Waals surface area contributed by atoms with Crippen LogP contribution >= 0.6 is 11.6 Å². The first-order valence-electron chi connectivity index (χ1n) is 10.2. The van der Waals surface area contributed by atoms with Crippen molar-refractivity contribution >= 4 is 40.6 Å². The highest BCUT2D eigenvalue weighted by atomic mass is 35.5. The van der Waals surface area contributed by atoms with Crippen LogP contribution in [0.15, 0.2) is 48.5 Å². The topological polar surface area (TPSA) is 70.2 Å². The minimum absolute atomic E-state index is 0.134. The molecule has 31 heavy (non-hydrogen) atoms. The molecule has 1 fully saturated rings. The minimum atomic E-state index is -0.490. The minimum Gasteiger partial charge on any atom is -0.341 e. The van der Waals surface area contributed by atoms with E-state index in [2.05, 4.69) is 25.5 Å². The number of anilines is 4. The number of amides is 1. The van der Waals surface area contributed by atoms with Crippen LogP contribution in [0.25, 0.3) is 0 Å². The Morgan fingerprint density at radius 1 is 1.10 bits per heavy atom. The number of carbonyl (C=O) groups excluding carboxylic acids is 1. The van der Waals surface area contributed by atoms with Crippen LogP contribution in [0.3, 0.4) is 0 Å². The molecule has 0 bridgehead atoms. The third kappa shape index (κ3) is 5.30. The van der Waals surface area contributed by atoms with Crippen molar-refractivity contribution < 1.29 is 9.18 Å². The molecule has 0 spiro atoms. The van der Waals surface area contributed by atoms with E-state index in [9.17, 15) is 9.18 Å². The Morgan fingerprint density at radius 3 is 2.52 bits per heavy atom. The standard InChI is InChI=1S/C23H23ClFN5O/c1-15-13-21(29-23(26-15)30-11-2-3-12-30)27-16-7-9-17(10-8-16)28-22(31)14-18-19(24)5-4-6-20(18)25/h4-10,13H,2-3,11-12,14H2,1H3,(H,28,31)(H,26,27,29). The average Bonchev–Trinajstić information content (AvgIpc) is 3.27. The number of benzene rings is 2. The van der Waals surface area contributed by atoms with Crippen LogP contribution < -0.4 is 15.5 Å². The zero-order chi connectivity index (χ0) is 21.8. The molecule has 1 aromatic heterocycles. The lowest BCUT2D eigenvalue weighted by Crippen LogP contribution is -2.21. The van der Waals surface area contributed by atoms with Gasteiger partial charge in [-0.05, 0) is 56.2 Å². The fourth-order valence-corrected chi connectivity index (χ4v) is 3.76. The smallest absolute Gasteiger partial charge is 0.228 e. The molecule has 1 amide bonds. The number of nitrogens with one attached hydrogen (secondary N) is 2. The zero-order valence-electron chi connectivity index (χ0n) is 17.2. The predicted molar refractivity (Wildman–Crippen MR) is 122 cm³/mol. The van der Waals surface area contributed by atoms with Gasteiger partial charge >= 0.3 is 0 Å². The number of nitrogens with zero attached hydrogens (tertiary/aromatic N) is 3. The number of hydrogen-bond acceptors (Lipinski definition) is 5. The van der Waals surface area contributed by atoms with E-state index >= 15 is 0 Å². The van der Waals surface area contributed by atoms with Crippen molar-refractivity contribution in [3.8, 4) is 0 Å². The Labute approximate surface area is 185 Å². The maximum atomic E-state index is 13.9. The summed E-state index contributed by atoms with van der Waals surface area (Å²) in [5, 5.41) is 6.29. The van der Waals surface area contributed by atoms with Gasteiger partial charge in [0.15, 0.2) is 0 Å². The summed E-state index contributed by atoms with van der Waals surface area (Å²) in [4.78, 5) is 23.7. The molecule has 0 radical (unpaired) electrons. The Balaban J connectivity index is 1.40. The van der Waals surface area contributed by atoms with Crippen LogP contribution in [0.2, 0.25) is 5.02 Å². The molecule has 160 valence electrons. The molecule has 1 aliphatic heterocycles. The molecule has 3 aromatic rings. The van der Waals surface area contributed by atoms with Gasteiger partial charge in [0.2, 0.25) is 11.9 Å². The first kappa shape index (κ1) is 21.1. The summed E-state index contributed by atoms with van der Waals surface area (Å²) < 4.78 is 13.9. The molecule has 1 saturated heterocycles. The van der Waals surface area contributed by atoms with Gasteiger partial charge in [0.25, 0.3) is 0 Å². The Kier molecular flexibility index (Phi) is 6.32. The fraction of sp³-hybridized carbons (Fsp3) is 0.261. The molecule has 2 N–H and O–H groups in total. The second kappa shape index (κ2) is 9.31. The highest BCUT2D eigenvalue weighted by molar-refractivity contribution is 6.31. The third-order valence-corrected chi connectivity index (χ3v) is 5.43. The van der Waals surface area contributed by atoms with E-state index in [1.54, 1.807) is 18.2 Å². The summed E-state index contributed by atoms with van der Waals surface area (Å²) in [6.45, 7) is 3.91. The van der Waals surface area contributed by atoms with Crippen LogP contribution in [-0.4, -0.2) is 29.0 Å². The molecule has 0 saturated carbocycles. The van der Waals surface area contributed by atoms with Gasteiger partial charge in [0.1, 0.15) is 11.6 Å². The third-order valence-electron chi connectivity index (χ3n) is 5.07. The van der Waals surface area contributed by atoms with Gasteiger partial charge in [-0.3, -0.25) is 4.79 Å². The summed E-state index contributed by atoms with van der Waals surface area (Å²) in [6, 6.07) is 13.5. The van der Waals surface area contributed by atoms with Crippen LogP contribution in [0.1, 0.15) is 24.1 Å². The molecule has 4 rings (SSSR count). The first-order valence-corrected chi connectivity index (χ1v) is 10.6. The summed E-state index contributed by atoms with van der Waals surface area (Å²) >= 11 is 6.00. The van der Waals surface area contributed by atoms with Crippen molar-refractivity contribution in [3.05, 3.63) is 70.6 Å². The van der Waals surface area contributed by atoms with Gasteiger partial charge < -0.3 is 15.5 Å². The van der Waals surface area contributed by atoms with Crippen LogP contribution in [0.4, 0.5) is 27.5 Å². The normalized spacial score (nSPS) is 13.3. The molecule has 0 aliphatic carbocycles. The van der Waals surface area contributed by atoms with E-state index in [-0.39, 0.29) is 22.9 Å². The maximum Gasteiger partial charge on any atom is 0.228 e. The van der Waals surface area contributed by atoms with Gasteiger partial charge in [-0.15, -0.1) is 0 Å². The summed E-state index contributed by atoms with van der Waals surface area (Å²) in [5.74, 6) is 0.640. The SMILES string of the molecule is Cc1cc(Nc2ccc(NC(=O)Cc3c(F)cccc3Cl)cc2)nc(N2CCCC2)n1. The van der Waals surface area contributed by atoms with Crippen molar-refractivity contribution in [2.24, 2.45) is 0 Å². The van der Waals surface area contributed by atoms with Crippen LogP contribution in [0, 0.1) is 12.7 Å². The highest BCUT2D eigenvalue weighted by Gasteiger charge is 2.16. The number of aryl methyl sites for hydroxylation is 1. The van der Waals surface area contributed by atoms with Crippen molar-refractivity contribution in [1.82, 2.24) is 9.97 Å². The van der Waals surface area contributed by atoms with Crippen LogP contribution in [-0.2, 0) is 11.2 Å². The molecule has 1 aliphatic rings. The van der Waals surface area contributed by atoms with E-state index in [0.29, 0.717) is 5.69 Å². The average molecular weight is 440 g/mol. The number of hydrogen-bond donors (Lipinski definition) is 2. The number of carbonyl (C=O) groups is 1. The van der Waals surface area contributed by atoms with Gasteiger partial charge in [-0.1, -0.05) is 17.7 Å². The Hall–Kier alpha value is -3.19. The first-order chi connectivity index (χ1) is 15.0. The molecule has 2 heterocycles. The summed E-state index contributed by atoms with van der Waals surface area (Å²) in [6.07, 6.45) is 2.19. The fourth-order valence-electron chi connectivity index (χ4n) is 3.53. The number of aromatic nitrogens is 2. The molecule has 0 atom stereocenters. The molecule has 8 heteroatoms. The van der Waals surface area contributed by atoms with E-state index in [1.165, 1.54) is 12.1 Å². The van der Waals surface area contributed by atoms with Crippen molar-refractivity contribution in [2.75, 3.05) is 28.6 Å². The van der Waals surface area contributed by atoms with Gasteiger partial charge in [-0.25, -0.2) is 9.37 Å². The van der Waals surface area contributed by atoms with Crippen LogP contribution in [0.5, 0.6) is 0 Å². The monoisotopic (exact) mass is 439 g/mol. The highest BCUT2D eigenvalue weighted by Crippen LogP contribution is 2.23. The number of rotatable bonds is 6. The van der Waals surface area contributed by atoms with Crippen molar-refractivity contribution in [3.63, 3.8) is 0 Å². The van der Waals surface area contributed by atoms with Crippen molar-refractivity contribution in [2.45, 2.75) is 26.2 Å². The number of halogens is 2. The summed E-state index contributed by atoms with van der Waals surface area (Å²) in [7, 11) is 0. The maximum absolute atomic E-state index is 13.9. The predicted octanol–water partition coefficient (Wildman–Crippen LogP) is 5.10. The van der Waals surface area contributed by atoms with E-state index in [0.717, 1.165) is 49.1 Å². The molecule has 0 unspecified atom stereocenters. The van der Waals surface area contributed by atoms with E-state index in [1.807, 2.05) is 25.1 Å². The lowest BCUT2D eigenvalue weighted by Gasteiger charge is -2.17. The van der Waals surface area contributed by atoms with Gasteiger partial charge in [0.05, 0.1) is 6.42 Å². The second-order valence-electron chi connectivity index (χ2n) is 7.52. The Bertz CT molecular complexity index is 1060. The van der Waals surface area contributed by atoms with Gasteiger partial charge in [-0.2, -0.15) is 4.98 Å². The lowest BCUT2D eigenvalue weighted by molar-refractivity contribution is -0.115. The Morgan fingerprint density at radius 2 is 1.81 bits per heavy atom. The van der Waals surface area contributed by atoms with Crippen molar-refractivity contribution in [1.29, 1.82) is 0 Å². The molecular weight excluding hydrogens is 417 g/mol. The zero-order valence-corrected chi connectivity index (χ0v) is 17.9. The van der Waals surface area contributed by atoms with Gasteiger partial charge in [0, 0.05) is 46.8 Å². The van der Waals surface area contributed by atoms with E-state index in [4.69, 9.17) is 11.6 Å². The largest absolute Gasteiger partial charge is 0.341 e. The quantitative estimate of drug-likeness (QED) is 0.559. The molecular formula is C23H23ClFN5O. The summed E-state index contributed by atoms with van der Waals surface area (Å²) in [5.41, 5.74) is 2.53. The second-order valence-corrected chi connectivity index (χ2v) is 7.92.